The summed E-state index contributed by atoms with van der Waals surface area (Å²) in [4.78, 5) is 21.9. The number of nitro groups is 1. The molecule has 0 fully saturated rings. The van der Waals surface area contributed by atoms with Gasteiger partial charge in [0.15, 0.2) is 5.69 Å². The molecule has 0 radical (unpaired) electrons. The van der Waals surface area contributed by atoms with Crippen LogP contribution in [-0.2, 0) is 4.74 Å². The van der Waals surface area contributed by atoms with E-state index in [1.807, 2.05) is 0 Å². The van der Waals surface area contributed by atoms with E-state index >= 15 is 0 Å². The van der Waals surface area contributed by atoms with Crippen LogP contribution >= 0.6 is 0 Å². The van der Waals surface area contributed by atoms with E-state index in [1.165, 1.54) is 26.4 Å². The normalized spacial score (nSPS) is 10.3. The van der Waals surface area contributed by atoms with Gasteiger partial charge in [-0.15, -0.1) is 0 Å². The molecule has 1 aromatic carbocycles. The van der Waals surface area contributed by atoms with Gasteiger partial charge < -0.3 is 9.47 Å². The number of nitrogens with one attached hydrogen (secondary N) is 1. The van der Waals surface area contributed by atoms with Crippen molar-refractivity contribution >= 4 is 22.6 Å². The van der Waals surface area contributed by atoms with Crippen molar-refractivity contribution in [1.29, 1.82) is 0 Å². The molecule has 0 saturated heterocycles. The third-order valence-electron chi connectivity index (χ3n) is 2.45. The molecule has 1 N–H and O–H groups in total. The number of nitrogens with zero attached hydrogens (tertiary/aromatic N) is 2. The number of aromatic amines is 1. The molecule has 0 saturated carbocycles. The molecule has 8 heteroatoms. The second-order valence-corrected chi connectivity index (χ2v) is 3.36. The van der Waals surface area contributed by atoms with Crippen LogP contribution in [0.1, 0.15) is 10.5 Å². The lowest BCUT2D eigenvalue weighted by molar-refractivity contribution is -0.383. The summed E-state index contributed by atoms with van der Waals surface area (Å²) in [6.07, 6.45) is 0. The predicted octanol–water partition coefficient (Wildman–Crippen LogP) is 1.27. The van der Waals surface area contributed by atoms with Crippen LogP contribution in [-0.4, -0.2) is 35.3 Å². The van der Waals surface area contributed by atoms with E-state index in [0.717, 1.165) is 0 Å². The Kier molecular flexibility index (Phi) is 2.84. The summed E-state index contributed by atoms with van der Waals surface area (Å²) < 4.78 is 9.57. The smallest absolute Gasteiger partial charge is 0.356 e. The van der Waals surface area contributed by atoms with Gasteiger partial charge >= 0.3 is 5.97 Å². The molecule has 1 heterocycles. The third-order valence-corrected chi connectivity index (χ3v) is 2.45. The van der Waals surface area contributed by atoms with Gasteiger partial charge in [0.2, 0.25) is 0 Å². The number of non-ortho nitro benzene ring substituents is 1. The van der Waals surface area contributed by atoms with Crippen LogP contribution in [0.3, 0.4) is 0 Å². The number of fused-ring (bicyclic) bond motifs is 1. The molecule has 0 atom stereocenters. The van der Waals surface area contributed by atoms with Gasteiger partial charge in [-0.1, -0.05) is 0 Å². The Balaban J connectivity index is 2.83. The summed E-state index contributed by atoms with van der Waals surface area (Å²) in [5.41, 5.74) is -0.0925. The number of hydrogen-bond donors (Lipinski definition) is 1. The van der Waals surface area contributed by atoms with Gasteiger partial charge in [-0.3, -0.25) is 15.2 Å². The molecular weight excluding hydrogens is 242 g/mol. The van der Waals surface area contributed by atoms with E-state index in [1.54, 1.807) is 0 Å². The van der Waals surface area contributed by atoms with Gasteiger partial charge in [-0.25, -0.2) is 4.79 Å². The summed E-state index contributed by atoms with van der Waals surface area (Å²) >= 11 is 0. The van der Waals surface area contributed by atoms with E-state index in [4.69, 9.17) is 4.74 Å². The molecule has 0 spiro atoms. The first kappa shape index (κ1) is 11.8. The fourth-order valence-electron chi connectivity index (χ4n) is 1.65. The van der Waals surface area contributed by atoms with Gasteiger partial charge in [0.05, 0.1) is 19.1 Å². The molecular formula is C10H9N3O5. The van der Waals surface area contributed by atoms with Gasteiger partial charge in [0.1, 0.15) is 16.7 Å². The van der Waals surface area contributed by atoms with Crippen molar-refractivity contribution < 1.29 is 19.2 Å². The van der Waals surface area contributed by atoms with Crippen LogP contribution in [0, 0.1) is 10.1 Å². The van der Waals surface area contributed by atoms with Crippen LogP contribution in [0.2, 0.25) is 0 Å². The molecule has 1 aromatic heterocycles. The van der Waals surface area contributed by atoms with Crippen LogP contribution in [0.15, 0.2) is 12.1 Å². The van der Waals surface area contributed by atoms with Crippen LogP contribution in [0.5, 0.6) is 5.75 Å². The summed E-state index contributed by atoms with van der Waals surface area (Å²) in [6.45, 7) is 0. The van der Waals surface area contributed by atoms with Crippen molar-refractivity contribution in [2.75, 3.05) is 14.2 Å². The highest BCUT2D eigenvalue weighted by Crippen LogP contribution is 2.33. The number of carbonyl (C=O) groups is 1. The monoisotopic (exact) mass is 251 g/mol. The second-order valence-electron chi connectivity index (χ2n) is 3.36. The molecule has 0 amide bonds. The lowest BCUT2D eigenvalue weighted by Gasteiger charge is -2.01. The van der Waals surface area contributed by atoms with Crippen LogP contribution in [0.4, 0.5) is 5.69 Å². The highest BCUT2D eigenvalue weighted by atomic mass is 16.6. The fraction of sp³-hybridized carbons (Fsp3) is 0.200. The number of benzene rings is 1. The third kappa shape index (κ3) is 1.63. The first-order chi connectivity index (χ1) is 8.60. The first-order valence-corrected chi connectivity index (χ1v) is 4.88. The first-order valence-electron chi connectivity index (χ1n) is 4.88. The zero-order chi connectivity index (χ0) is 13.3. The highest BCUT2D eigenvalue weighted by Gasteiger charge is 2.25. The summed E-state index contributed by atoms with van der Waals surface area (Å²) in [5.74, 6) is -0.393. The molecule has 0 bridgehead atoms. The lowest BCUT2D eigenvalue weighted by atomic mass is 10.1. The Labute approximate surface area is 101 Å². The summed E-state index contributed by atoms with van der Waals surface area (Å²) in [7, 11) is 2.59. The van der Waals surface area contributed by atoms with Gasteiger partial charge in [0, 0.05) is 6.07 Å². The van der Waals surface area contributed by atoms with Crippen molar-refractivity contribution in [3.63, 3.8) is 0 Å². The molecule has 8 nitrogen and oxygen atoms in total. The number of ether oxygens (including phenoxy) is 2. The number of methoxy groups -OCH3 is 2. The van der Waals surface area contributed by atoms with E-state index in [-0.39, 0.29) is 22.3 Å². The maximum atomic E-state index is 11.5. The van der Waals surface area contributed by atoms with Crippen molar-refractivity contribution in [1.82, 2.24) is 10.2 Å². The molecule has 2 aromatic rings. The molecule has 0 aliphatic carbocycles. The van der Waals surface area contributed by atoms with E-state index in [2.05, 4.69) is 14.9 Å². The minimum Gasteiger partial charge on any atom is -0.494 e. The van der Waals surface area contributed by atoms with Crippen molar-refractivity contribution in [2.45, 2.75) is 0 Å². The fourth-order valence-corrected chi connectivity index (χ4v) is 1.65. The predicted molar refractivity (Wildman–Crippen MR) is 60.6 cm³/mol. The number of nitro benzene ring substituents is 1. The molecule has 94 valence electrons. The molecule has 2 rings (SSSR count). The average molecular weight is 251 g/mol. The molecule has 0 aliphatic heterocycles. The van der Waals surface area contributed by atoms with Gasteiger partial charge in [-0.2, -0.15) is 5.10 Å². The van der Waals surface area contributed by atoms with Crippen LogP contribution in [0.25, 0.3) is 10.9 Å². The Hall–Kier alpha value is -2.64. The number of H-pyrrole nitrogens is 1. The Bertz CT molecular complexity index is 634. The Morgan fingerprint density at radius 2 is 2.17 bits per heavy atom. The largest absolute Gasteiger partial charge is 0.494 e. The maximum absolute atomic E-state index is 11.5. The standard InChI is InChI=1S/C10H9N3O5/c1-17-6-4-3-5(13(15)16)7-8(6)11-12-9(7)10(14)18-2/h3-4H,1-2H3,(H,11,12). The van der Waals surface area contributed by atoms with Gasteiger partial charge in [-0.05, 0) is 6.07 Å². The summed E-state index contributed by atoms with van der Waals surface area (Å²) in [6, 6.07) is 2.67. The van der Waals surface area contributed by atoms with Crippen molar-refractivity contribution in [2.24, 2.45) is 0 Å². The van der Waals surface area contributed by atoms with E-state index in [9.17, 15) is 14.9 Å². The lowest BCUT2D eigenvalue weighted by Crippen LogP contribution is -2.03. The minimum absolute atomic E-state index is 0.0712. The molecule has 0 unspecified atom stereocenters. The Morgan fingerprint density at radius 1 is 1.44 bits per heavy atom. The number of carbonyl (C=O) groups excluding carboxylic acids is 1. The quantitative estimate of drug-likeness (QED) is 0.500. The number of esters is 1. The van der Waals surface area contributed by atoms with E-state index < -0.39 is 10.9 Å². The maximum Gasteiger partial charge on any atom is 0.356 e. The zero-order valence-electron chi connectivity index (χ0n) is 9.59. The molecule has 0 aliphatic rings. The minimum atomic E-state index is -0.728. The SMILES string of the molecule is COC(=O)c1[nH]nc2c(OC)ccc([N+](=O)[O-])c12. The highest BCUT2D eigenvalue weighted by molar-refractivity contribution is 6.07. The van der Waals surface area contributed by atoms with Crippen molar-refractivity contribution in [3.8, 4) is 5.75 Å². The van der Waals surface area contributed by atoms with Gasteiger partial charge in [0.25, 0.3) is 5.69 Å². The van der Waals surface area contributed by atoms with Crippen molar-refractivity contribution in [3.05, 3.63) is 27.9 Å². The van der Waals surface area contributed by atoms with Crippen LogP contribution < -0.4 is 4.74 Å². The molecule has 18 heavy (non-hydrogen) atoms. The number of hydrogen-bond acceptors (Lipinski definition) is 6. The number of rotatable bonds is 3. The number of aromatic nitrogens is 2. The Morgan fingerprint density at radius 3 is 2.72 bits per heavy atom. The topological polar surface area (TPSA) is 107 Å². The van der Waals surface area contributed by atoms with E-state index in [0.29, 0.717) is 5.75 Å². The summed E-state index contributed by atoms with van der Waals surface area (Å²) in [5, 5.41) is 17.3. The average Bonchev–Trinajstić information content (AvgIpc) is 2.81. The zero-order valence-corrected chi connectivity index (χ0v) is 9.59. The second kappa shape index (κ2) is 4.32.